The molecule has 1 saturated heterocycles. The molecule has 1 aromatic carbocycles. The molecule has 1 atom stereocenters. The van der Waals surface area contributed by atoms with Crippen molar-refractivity contribution >= 4 is 36.0 Å². The number of halogens is 1. The third kappa shape index (κ3) is 2.50. The lowest BCUT2D eigenvalue weighted by Crippen LogP contribution is -2.62. The molecule has 8 heteroatoms. The minimum Gasteiger partial charge on any atom is -0.316 e. The van der Waals surface area contributed by atoms with Crippen LogP contribution in [0.1, 0.15) is 46.0 Å². The SMILES string of the molecule is CNCc1cccc2c1C(=O)N([C@@]1(C)CCC(=O)NC1=O)C2=O.Cl. The second kappa shape index (κ2) is 6.33. The third-order valence-corrected chi connectivity index (χ3v) is 4.44. The van der Waals surface area contributed by atoms with E-state index < -0.39 is 23.3 Å². The Hall–Kier alpha value is -2.25. The maximum atomic E-state index is 12.8. The molecular weight excluding hydrogens is 334 g/mol. The number of nitrogens with one attached hydrogen (secondary N) is 2. The molecule has 0 saturated carbocycles. The van der Waals surface area contributed by atoms with Gasteiger partial charge in [-0.3, -0.25) is 29.4 Å². The van der Waals surface area contributed by atoms with Gasteiger partial charge in [0.05, 0.1) is 11.1 Å². The predicted octanol–water partition coefficient (Wildman–Crippen LogP) is 0.619. The van der Waals surface area contributed by atoms with E-state index >= 15 is 0 Å². The zero-order chi connectivity index (χ0) is 16.8. The third-order valence-electron chi connectivity index (χ3n) is 4.44. The number of imide groups is 2. The van der Waals surface area contributed by atoms with Crippen molar-refractivity contribution in [3.8, 4) is 0 Å². The molecule has 0 aliphatic carbocycles. The van der Waals surface area contributed by atoms with E-state index in [1.54, 1.807) is 25.2 Å². The van der Waals surface area contributed by atoms with Gasteiger partial charge in [-0.15, -0.1) is 12.4 Å². The molecule has 1 fully saturated rings. The van der Waals surface area contributed by atoms with Crippen LogP contribution >= 0.6 is 12.4 Å². The second-order valence-corrected chi connectivity index (χ2v) is 5.97. The van der Waals surface area contributed by atoms with Crippen LogP contribution in [-0.4, -0.2) is 41.1 Å². The summed E-state index contributed by atoms with van der Waals surface area (Å²) in [6.45, 7) is 1.96. The van der Waals surface area contributed by atoms with E-state index in [-0.39, 0.29) is 31.2 Å². The van der Waals surface area contributed by atoms with Gasteiger partial charge in [0.15, 0.2) is 0 Å². The molecular formula is C16H18ClN3O4. The van der Waals surface area contributed by atoms with Gasteiger partial charge in [-0.05, 0) is 32.0 Å². The number of fused-ring (bicyclic) bond motifs is 1. The summed E-state index contributed by atoms with van der Waals surface area (Å²) in [5, 5.41) is 5.18. The van der Waals surface area contributed by atoms with Crippen molar-refractivity contribution in [2.24, 2.45) is 0 Å². The number of piperidine rings is 1. The molecule has 3 rings (SSSR count). The van der Waals surface area contributed by atoms with E-state index in [0.29, 0.717) is 23.2 Å². The summed E-state index contributed by atoms with van der Waals surface area (Å²) < 4.78 is 0. The van der Waals surface area contributed by atoms with Crippen LogP contribution in [0.5, 0.6) is 0 Å². The van der Waals surface area contributed by atoms with Crippen LogP contribution in [0.4, 0.5) is 0 Å². The number of benzene rings is 1. The quantitative estimate of drug-likeness (QED) is 0.778. The Labute approximate surface area is 145 Å². The number of nitrogens with zero attached hydrogens (tertiary/aromatic N) is 1. The molecule has 4 amide bonds. The van der Waals surface area contributed by atoms with Crippen molar-refractivity contribution in [1.82, 2.24) is 15.5 Å². The van der Waals surface area contributed by atoms with Crippen LogP contribution in [-0.2, 0) is 16.1 Å². The van der Waals surface area contributed by atoms with E-state index in [2.05, 4.69) is 10.6 Å². The van der Waals surface area contributed by atoms with Crippen molar-refractivity contribution in [2.45, 2.75) is 31.8 Å². The molecule has 0 spiro atoms. The molecule has 0 aromatic heterocycles. The van der Waals surface area contributed by atoms with Crippen LogP contribution < -0.4 is 10.6 Å². The fourth-order valence-electron chi connectivity index (χ4n) is 3.15. The molecule has 0 radical (unpaired) electrons. The molecule has 24 heavy (non-hydrogen) atoms. The lowest BCUT2D eigenvalue weighted by atomic mass is 9.89. The highest BCUT2D eigenvalue weighted by Crippen LogP contribution is 2.35. The lowest BCUT2D eigenvalue weighted by Gasteiger charge is -2.38. The number of carbonyl (C=O) groups excluding carboxylic acids is 4. The Morgan fingerprint density at radius 2 is 1.92 bits per heavy atom. The Bertz CT molecular complexity index is 749. The fourth-order valence-corrected chi connectivity index (χ4v) is 3.15. The summed E-state index contributed by atoms with van der Waals surface area (Å²) in [6, 6.07) is 5.08. The van der Waals surface area contributed by atoms with Crippen LogP contribution in [0.3, 0.4) is 0 Å². The first-order chi connectivity index (χ1) is 10.9. The smallest absolute Gasteiger partial charge is 0.262 e. The fraction of sp³-hybridized carbons (Fsp3) is 0.375. The van der Waals surface area contributed by atoms with Gasteiger partial charge in [-0.25, -0.2) is 0 Å². The van der Waals surface area contributed by atoms with E-state index in [1.807, 2.05) is 0 Å². The molecule has 2 aliphatic rings. The largest absolute Gasteiger partial charge is 0.316 e. The summed E-state index contributed by atoms with van der Waals surface area (Å²) in [4.78, 5) is 50.2. The molecule has 2 heterocycles. The molecule has 0 unspecified atom stereocenters. The molecule has 128 valence electrons. The maximum Gasteiger partial charge on any atom is 0.262 e. The normalized spacial score (nSPS) is 23.0. The number of hydrogen-bond donors (Lipinski definition) is 2. The summed E-state index contributed by atoms with van der Waals surface area (Å²) in [6.07, 6.45) is 0.226. The number of amides is 4. The Morgan fingerprint density at radius 3 is 2.54 bits per heavy atom. The van der Waals surface area contributed by atoms with Crippen molar-refractivity contribution < 1.29 is 19.2 Å². The van der Waals surface area contributed by atoms with Gasteiger partial charge in [0, 0.05) is 13.0 Å². The van der Waals surface area contributed by atoms with Gasteiger partial charge in [0.1, 0.15) is 5.54 Å². The highest BCUT2D eigenvalue weighted by atomic mass is 35.5. The van der Waals surface area contributed by atoms with Gasteiger partial charge in [-0.1, -0.05) is 12.1 Å². The van der Waals surface area contributed by atoms with Crippen LogP contribution in [0.2, 0.25) is 0 Å². The van der Waals surface area contributed by atoms with Crippen molar-refractivity contribution in [1.29, 1.82) is 0 Å². The lowest BCUT2D eigenvalue weighted by molar-refractivity contribution is -0.140. The van der Waals surface area contributed by atoms with Gasteiger partial charge in [-0.2, -0.15) is 0 Å². The molecule has 2 N–H and O–H groups in total. The zero-order valence-corrected chi connectivity index (χ0v) is 14.2. The molecule has 2 aliphatic heterocycles. The van der Waals surface area contributed by atoms with Gasteiger partial charge >= 0.3 is 0 Å². The van der Waals surface area contributed by atoms with Crippen molar-refractivity contribution in [3.05, 3.63) is 34.9 Å². The van der Waals surface area contributed by atoms with Crippen molar-refractivity contribution in [3.63, 3.8) is 0 Å². The van der Waals surface area contributed by atoms with Crippen molar-refractivity contribution in [2.75, 3.05) is 7.05 Å². The van der Waals surface area contributed by atoms with Gasteiger partial charge in [0.2, 0.25) is 5.91 Å². The maximum absolute atomic E-state index is 12.8. The Kier molecular flexibility index (Phi) is 4.77. The van der Waals surface area contributed by atoms with E-state index in [1.165, 1.54) is 6.92 Å². The van der Waals surface area contributed by atoms with E-state index in [4.69, 9.17) is 0 Å². The van der Waals surface area contributed by atoms with Crippen LogP contribution in [0, 0.1) is 0 Å². The first-order valence-electron chi connectivity index (χ1n) is 7.40. The Balaban J connectivity index is 0.00000208. The average molecular weight is 352 g/mol. The minimum absolute atomic E-state index is 0. The van der Waals surface area contributed by atoms with Gasteiger partial charge < -0.3 is 5.32 Å². The standard InChI is InChI=1S/C16H17N3O4.ClH/c1-16(7-6-11(20)18-15(16)23)19-13(21)10-5-3-4-9(8-17-2)12(10)14(19)22;/h3-5,17H,6-8H2,1-2H3,(H,18,20,23);1H/t16-;/m0./s1. The highest BCUT2D eigenvalue weighted by molar-refractivity contribution is 6.24. The predicted molar refractivity (Wildman–Crippen MR) is 87.7 cm³/mol. The number of carbonyl (C=O) groups is 4. The number of rotatable bonds is 3. The number of hydrogen-bond acceptors (Lipinski definition) is 5. The van der Waals surface area contributed by atoms with E-state index in [0.717, 1.165) is 4.90 Å². The van der Waals surface area contributed by atoms with Crippen LogP contribution in [0.15, 0.2) is 18.2 Å². The highest BCUT2D eigenvalue weighted by Gasteiger charge is 2.53. The summed E-state index contributed by atoms with van der Waals surface area (Å²) in [5.74, 6) is -1.98. The second-order valence-electron chi connectivity index (χ2n) is 5.97. The monoisotopic (exact) mass is 351 g/mol. The summed E-state index contributed by atoms with van der Waals surface area (Å²) in [5.41, 5.74) is -0.00828. The summed E-state index contributed by atoms with van der Waals surface area (Å²) in [7, 11) is 1.75. The minimum atomic E-state index is -1.35. The first kappa shape index (κ1) is 18.1. The topological polar surface area (TPSA) is 95.6 Å². The first-order valence-corrected chi connectivity index (χ1v) is 7.40. The average Bonchev–Trinajstić information content (AvgIpc) is 2.77. The Morgan fingerprint density at radius 1 is 1.21 bits per heavy atom. The molecule has 7 nitrogen and oxygen atoms in total. The summed E-state index contributed by atoms with van der Waals surface area (Å²) >= 11 is 0. The van der Waals surface area contributed by atoms with E-state index in [9.17, 15) is 19.2 Å². The molecule has 0 bridgehead atoms. The zero-order valence-electron chi connectivity index (χ0n) is 13.3. The van der Waals surface area contributed by atoms with Crippen LogP contribution in [0.25, 0.3) is 0 Å². The van der Waals surface area contributed by atoms with Gasteiger partial charge in [0.25, 0.3) is 17.7 Å². The molecule has 1 aromatic rings.